The number of benzene rings is 4. The molecule has 0 saturated carbocycles. The summed E-state index contributed by atoms with van der Waals surface area (Å²) in [7, 11) is -5.51. The summed E-state index contributed by atoms with van der Waals surface area (Å²) >= 11 is 0. The molecule has 4 atom stereocenters. The van der Waals surface area contributed by atoms with Crippen molar-refractivity contribution in [3.05, 3.63) is 115 Å². The topological polar surface area (TPSA) is 0 Å². The summed E-state index contributed by atoms with van der Waals surface area (Å²) in [5.41, 5.74) is 18.8. The van der Waals surface area contributed by atoms with Crippen molar-refractivity contribution in [1.82, 2.24) is 0 Å². The van der Waals surface area contributed by atoms with E-state index in [2.05, 4.69) is 132 Å². The van der Waals surface area contributed by atoms with Crippen LogP contribution >= 0.6 is 15.8 Å². The molecule has 0 amide bonds. The Balaban J connectivity index is 1.16. The van der Waals surface area contributed by atoms with E-state index in [4.69, 9.17) is 0 Å². The minimum absolute atomic E-state index is 0.449. The summed E-state index contributed by atoms with van der Waals surface area (Å²) in [6.45, 7) is 29.3. The van der Waals surface area contributed by atoms with Gasteiger partial charge < -0.3 is 0 Å². The predicted octanol–water partition coefficient (Wildman–Crippen LogP) is 11.2. The van der Waals surface area contributed by atoms with Crippen LogP contribution in [-0.4, -0.2) is 6.92 Å². The molecule has 3 heteroatoms. The maximum atomic E-state index is 2.70. The van der Waals surface area contributed by atoms with Crippen LogP contribution in [0.3, 0.4) is 0 Å². The molecule has 10 aliphatic heterocycles. The van der Waals surface area contributed by atoms with E-state index in [-0.39, 0.29) is 0 Å². The first-order valence-electron chi connectivity index (χ1n) is 20.0. The molecule has 10 aliphatic rings. The van der Waals surface area contributed by atoms with Crippen molar-refractivity contribution in [2.45, 2.75) is 124 Å². The fraction of sp³-hybridized carbons (Fsp3) is 0.478. The van der Waals surface area contributed by atoms with Crippen LogP contribution in [0.25, 0.3) is 0 Å². The van der Waals surface area contributed by atoms with Gasteiger partial charge in [0.2, 0.25) is 0 Å². The fourth-order valence-corrected chi connectivity index (χ4v) is 195. The van der Waals surface area contributed by atoms with E-state index in [1.807, 2.05) is 21.2 Å². The third-order valence-corrected chi connectivity index (χ3v) is 109. The van der Waals surface area contributed by atoms with Crippen molar-refractivity contribution in [1.29, 1.82) is 0 Å². The van der Waals surface area contributed by atoms with Gasteiger partial charge in [-0.05, 0) is 0 Å². The van der Waals surface area contributed by atoms with E-state index in [1.54, 1.807) is 44.5 Å². The molecule has 0 nitrogen and oxygen atoms in total. The van der Waals surface area contributed by atoms with Gasteiger partial charge in [0.05, 0.1) is 0 Å². The number of fused-ring (bicyclic) bond motifs is 10. The first-order valence-corrected chi connectivity index (χ1v) is 31.4. The second-order valence-electron chi connectivity index (χ2n) is 24.0. The average molecular weight is 715 g/mol. The van der Waals surface area contributed by atoms with Crippen LogP contribution in [0.5, 0.6) is 0 Å². The summed E-state index contributed by atoms with van der Waals surface area (Å²) < 4.78 is 11.4. The molecule has 14 rings (SSSR count). The van der Waals surface area contributed by atoms with E-state index in [0.29, 0.717) is 6.92 Å². The molecule has 4 unspecified atom stereocenters. The second kappa shape index (κ2) is 4.80. The quantitative estimate of drug-likeness (QED) is 0.138. The number of hydrogen-bond donors (Lipinski definition) is 0. The summed E-state index contributed by atoms with van der Waals surface area (Å²) in [6.07, 6.45) is 0. The molecule has 0 aliphatic carbocycles. The third-order valence-electron chi connectivity index (χ3n) is 30.0. The summed E-state index contributed by atoms with van der Waals surface area (Å²) in [5, 5.41) is 7.25. The zero-order chi connectivity index (χ0) is 34.0. The van der Waals surface area contributed by atoms with Gasteiger partial charge in [-0.1, -0.05) is 0 Å². The normalized spacial score (nSPS) is 50.8. The Labute approximate surface area is 283 Å². The number of aryl methyl sites for hydroxylation is 4. The molecule has 10 saturated heterocycles. The predicted molar refractivity (Wildman–Crippen MR) is 210 cm³/mol. The van der Waals surface area contributed by atoms with Gasteiger partial charge in [0.1, 0.15) is 0 Å². The van der Waals surface area contributed by atoms with Crippen molar-refractivity contribution < 1.29 is 8.89 Å². The summed E-state index contributed by atoms with van der Waals surface area (Å²) in [5.74, 6) is 0. The van der Waals surface area contributed by atoms with Gasteiger partial charge in [-0.3, -0.25) is 0 Å². The molecule has 49 heavy (non-hydrogen) atoms. The van der Waals surface area contributed by atoms with Crippen molar-refractivity contribution in [3.63, 3.8) is 0 Å². The average Bonchev–Trinajstić information content (AvgIpc) is 4.03. The van der Waals surface area contributed by atoms with Gasteiger partial charge in [0.15, 0.2) is 0 Å². The molecular formula is C46H52P2Ti. The van der Waals surface area contributed by atoms with Crippen LogP contribution in [0.1, 0.15) is 66.8 Å². The monoisotopic (exact) mass is 714 g/mol. The second-order valence-corrected chi connectivity index (χ2v) is 62.8. The fourth-order valence-electron chi connectivity index (χ4n) is 31.2. The van der Waals surface area contributed by atoms with E-state index >= 15 is 0 Å². The zero-order valence-electron chi connectivity index (χ0n) is 31.6. The Bertz CT molecular complexity index is 2510. The first kappa shape index (κ1) is 28.0. The molecule has 0 N–H and O–H groups in total. The maximum absolute atomic E-state index is 4.62. The standard InChI is InChI=1S/C41H47P2.C5H5.Ti/c1-24-16-20-36(32(9)28(24)5)42(37-21-17-25(2)29(6)33(37)10)40-14-13-15-41(40)43(38-22-18-26(3)30(7)34(38)11)39-23-19-27(4)31(8)35(39)12;1-2-4-5-3-1;/h13-23H,1-12H3;1-5H;. The summed E-state index contributed by atoms with van der Waals surface area (Å²) in [6, 6.07) is 20.9. The molecule has 4 aromatic carbocycles. The number of rotatable bonds is 6. The van der Waals surface area contributed by atoms with Crippen molar-refractivity contribution in [3.8, 4) is 0 Å². The molecule has 0 radical (unpaired) electrons. The molecule has 250 valence electrons. The van der Waals surface area contributed by atoms with Crippen molar-refractivity contribution in [2.75, 3.05) is 0 Å². The molecule has 10 heterocycles. The van der Waals surface area contributed by atoms with E-state index in [0.717, 1.165) is 0 Å². The Kier molecular flexibility index (Phi) is 2.74. The van der Waals surface area contributed by atoms with Crippen molar-refractivity contribution in [2.24, 2.45) is 0 Å². The Morgan fingerprint density at radius 1 is 0.347 bits per heavy atom. The molecule has 4 aromatic rings. The zero-order valence-corrected chi connectivity index (χ0v) is 35.0. The van der Waals surface area contributed by atoms with Gasteiger partial charge in [-0.2, -0.15) is 0 Å². The minimum atomic E-state index is -4.62. The van der Waals surface area contributed by atoms with Crippen LogP contribution in [0.15, 0.2) is 48.5 Å². The van der Waals surface area contributed by atoms with Crippen LogP contribution in [-0.2, 0) is 8.89 Å². The Morgan fingerprint density at radius 3 is 0.796 bits per heavy atom. The summed E-state index contributed by atoms with van der Waals surface area (Å²) in [4.78, 5) is 0. The molecular weight excluding hydrogens is 662 g/mol. The van der Waals surface area contributed by atoms with Crippen molar-refractivity contribution >= 4 is 37.1 Å². The van der Waals surface area contributed by atoms with Gasteiger partial charge in [0.25, 0.3) is 0 Å². The van der Waals surface area contributed by atoms with Gasteiger partial charge >= 0.3 is 285 Å². The van der Waals surface area contributed by atoms with E-state index < -0.39 is 24.7 Å². The Hall–Kier alpha value is -1.55. The number of hydrogen-bond acceptors (Lipinski definition) is 0. The molecule has 0 bridgehead atoms. The molecule has 10 fully saturated rings. The Morgan fingerprint density at radius 2 is 0.592 bits per heavy atom. The SMILES string of the molecule is Cc1ccc(P(c2ccc(C)c(C)c2C)[C]23[CH]4[CH]5[CH]6[C]2(P(c2ccc(C)c(C)c2C)c2ccc(C)c(C)c2C)[Ti]54632789[CH]3[CH]2[CH]7[CH]8[CH]39)c(C)c1C. The van der Waals surface area contributed by atoms with Crippen LogP contribution < -0.4 is 21.2 Å². The van der Waals surface area contributed by atoms with Gasteiger partial charge in [0, 0.05) is 0 Å². The van der Waals surface area contributed by atoms with Crippen LogP contribution in [0.4, 0.5) is 0 Å². The van der Waals surface area contributed by atoms with Gasteiger partial charge in [-0.15, -0.1) is 0 Å². The molecule has 1 spiro atoms. The van der Waals surface area contributed by atoms with Crippen LogP contribution in [0, 0.1) is 83.1 Å². The van der Waals surface area contributed by atoms with Gasteiger partial charge in [-0.25, -0.2) is 0 Å². The van der Waals surface area contributed by atoms with Crippen LogP contribution in [0.2, 0.25) is 33.8 Å². The van der Waals surface area contributed by atoms with E-state index in [1.165, 1.54) is 56.0 Å². The first-order chi connectivity index (χ1) is 23.0. The molecule has 0 aromatic heterocycles. The van der Waals surface area contributed by atoms with E-state index in [9.17, 15) is 0 Å². The third kappa shape index (κ3) is 0.888.